The Morgan fingerprint density at radius 2 is 2.07 bits per heavy atom. The molecule has 0 bridgehead atoms. The van der Waals surface area contributed by atoms with Crippen molar-refractivity contribution in [2.24, 2.45) is 17.3 Å². The van der Waals surface area contributed by atoms with Crippen LogP contribution in [0.5, 0.6) is 0 Å². The first-order valence-electron chi connectivity index (χ1n) is 11.4. The lowest BCUT2D eigenvalue weighted by atomic mass is 9.53. The van der Waals surface area contributed by atoms with Crippen LogP contribution in [-0.4, -0.2) is 23.3 Å². The highest BCUT2D eigenvalue weighted by molar-refractivity contribution is 5.68. The molecule has 3 heteroatoms. The number of aryl methyl sites for hydroxylation is 1. The average molecular weight is 395 g/mol. The molecule has 3 nitrogen and oxygen atoms in total. The smallest absolute Gasteiger partial charge is 0.305 e. The maximum absolute atomic E-state index is 11.6. The molecule has 0 aliphatic heterocycles. The number of aliphatic hydroxyl groups is 1. The quantitative estimate of drug-likeness (QED) is 0.444. The van der Waals surface area contributed by atoms with Crippen LogP contribution in [0.25, 0.3) is 0 Å². The molecule has 0 aromatic heterocycles. The van der Waals surface area contributed by atoms with E-state index in [1.165, 1.54) is 18.4 Å². The molecule has 3 aliphatic carbocycles. The normalized spacial score (nSPS) is 34.9. The summed E-state index contributed by atoms with van der Waals surface area (Å²) in [6.07, 6.45) is 8.31. The van der Waals surface area contributed by atoms with E-state index in [0.717, 1.165) is 32.1 Å². The van der Waals surface area contributed by atoms with Crippen molar-refractivity contribution < 1.29 is 14.6 Å². The fraction of sp³-hybridized carbons (Fsp3) is 0.654. The summed E-state index contributed by atoms with van der Waals surface area (Å²) in [5, 5.41) is 11.6. The van der Waals surface area contributed by atoms with Gasteiger partial charge in [0.1, 0.15) is 5.60 Å². The van der Waals surface area contributed by atoms with Crippen LogP contribution in [0.4, 0.5) is 0 Å². The number of fused-ring (bicyclic) bond motifs is 5. The molecule has 3 aliphatic rings. The van der Waals surface area contributed by atoms with Crippen molar-refractivity contribution in [1.29, 1.82) is 0 Å². The van der Waals surface area contributed by atoms with Crippen LogP contribution >= 0.6 is 0 Å². The van der Waals surface area contributed by atoms with Crippen LogP contribution in [0, 0.1) is 29.1 Å². The summed E-state index contributed by atoms with van der Waals surface area (Å²) in [7, 11) is 0. The first-order valence-corrected chi connectivity index (χ1v) is 11.4. The molecule has 1 aromatic carbocycles. The van der Waals surface area contributed by atoms with Crippen molar-refractivity contribution in [1.82, 2.24) is 0 Å². The van der Waals surface area contributed by atoms with Crippen LogP contribution in [0.15, 0.2) is 24.3 Å². The van der Waals surface area contributed by atoms with Crippen LogP contribution in [0.1, 0.15) is 82.3 Å². The van der Waals surface area contributed by atoms with Gasteiger partial charge in [-0.25, -0.2) is 0 Å². The van der Waals surface area contributed by atoms with E-state index in [1.807, 2.05) is 0 Å². The number of carbonyl (C=O) groups is 1. The van der Waals surface area contributed by atoms with E-state index in [4.69, 9.17) is 4.74 Å². The van der Waals surface area contributed by atoms with Crippen molar-refractivity contribution in [3.8, 4) is 11.8 Å². The van der Waals surface area contributed by atoms with Crippen LogP contribution in [0.2, 0.25) is 0 Å². The molecule has 1 N–H and O–H groups in total. The second kappa shape index (κ2) is 8.15. The monoisotopic (exact) mass is 394 g/mol. The molecule has 0 unspecified atom stereocenters. The van der Waals surface area contributed by atoms with Crippen molar-refractivity contribution in [2.75, 3.05) is 6.61 Å². The molecule has 156 valence electrons. The summed E-state index contributed by atoms with van der Waals surface area (Å²) in [5.41, 5.74) is 2.12. The van der Waals surface area contributed by atoms with E-state index < -0.39 is 5.60 Å². The molecule has 0 amide bonds. The lowest BCUT2D eigenvalue weighted by Gasteiger charge is -2.52. The number of benzene rings is 1. The van der Waals surface area contributed by atoms with Crippen molar-refractivity contribution in [2.45, 2.75) is 83.2 Å². The zero-order valence-corrected chi connectivity index (χ0v) is 17.9. The molecule has 0 saturated heterocycles. The van der Waals surface area contributed by atoms with E-state index in [-0.39, 0.29) is 11.4 Å². The minimum absolute atomic E-state index is 0.109. The third kappa shape index (κ3) is 3.61. The van der Waals surface area contributed by atoms with Gasteiger partial charge in [0.2, 0.25) is 0 Å². The van der Waals surface area contributed by atoms with E-state index in [9.17, 15) is 9.90 Å². The average Bonchev–Trinajstić information content (AvgIpc) is 3.01. The summed E-state index contributed by atoms with van der Waals surface area (Å²) in [6, 6.07) is 8.98. The minimum atomic E-state index is -0.875. The number of unbranched alkanes of at least 4 members (excludes halogenated alkanes) is 1. The molecule has 0 heterocycles. The third-order valence-corrected chi connectivity index (χ3v) is 8.08. The largest absolute Gasteiger partial charge is 0.466 e. The predicted octanol–water partition coefficient (Wildman–Crippen LogP) is 5.01. The Kier molecular flexibility index (Phi) is 5.76. The number of hydrogen-bond acceptors (Lipinski definition) is 3. The second-order valence-electron chi connectivity index (χ2n) is 9.45. The van der Waals surface area contributed by atoms with Gasteiger partial charge in [-0.3, -0.25) is 4.79 Å². The zero-order chi connectivity index (χ0) is 20.5. The van der Waals surface area contributed by atoms with Crippen LogP contribution in [0.3, 0.4) is 0 Å². The molecule has 0 radical (unpaired) electrons. The van der Waals surface area contributed by atoms with Gasteiger partial charge in [-0.1, -0.05) is 44.0 Å². The molecular formula is C26H34O3. The molecule has 1 aromatic rings. The molecule has 5 atom stereocenters. The Hall–Kier alpha value is -1.79. The van der Waals surface area contributed by atoms with Gasteiger partial charge in [0.15, 0.2) is 0 Å². The Morgan fingerprint density at radius 1 is 1.24 bits per heavy atom. The third-order valence-electron chi connectivity index (χ3n) is 8.08. The summed E-state index contributed by atoms with van der Waals surface area (Å²) in [6.45, 7) is 4.51. The van der Waals surface area contributed by atoms with E-state index in [1.54, 1.807) is 12.5 Å². The van der Waals surface area contributed by atoms with Crippen LogP contribution < -0.4 is 0 Å². The number of ether oxygens (including phenoxy) is 1. The Balaban J connectivity index is 1.43. The maximum Gasteiger partial charge on any atom is 0.305 e. The van der Waals surface area contributed by atoms with Gasteiger partial charge in [-0.15, -0.1) is 5.92 Å². The number of rotatable bonds is 4. The van der Waals surface area contributed by atoms with E-state index in [0.29, 0.717) is 37.2 Å². The number of carbonyl (C=O) groups excluding carboxylic acids is 1. The summed E-state index contributed by atoms with van der Waals surface area (Å²) < 4.78 is 5.11. The van der Waals surface area contributed by atoms with Gasteiger partial charge in [0, 0.05) is 18.3 Å². The van der Waals surface area contributed by atoms with Crippen molar-refractivity contribution in [3.05, 3.63) is 35.4 Å². The van der Waals surface area contributed by atoms with Gasteiger partial charge < -0.3 is 9.84 Å². The highest BCUT2D eigenvalue weighted by atomic mass is 16.5. The maximum atomic E-state index is 11.6. The second-order valence-corrected chi connectivity index (χ2v) is 9.45. The fourth-order valence-electron chi connectivity index (χ4n) is 6.40. The van der Waals surface area contributed by atoms with Gasteiger partial charge in [0.25, 0.3) is 0 Å². The van der Waals surface area contributed by atoms with Crippen molar-refractivity contribution >= 4 is 5.97 Å². The molecule has 2 saturated carbocycles. The molecule has 29 heavy (non-hydrogen) atoms. The SMILES string of the molecule is CCC(=O)OCCCC#C[C@]1(O)CC[C@H]2[C@@H]3CCc4ccccc4[C@H]3CC[C@@]21C. The molecule has 2 fully saturated rings. The molecule has 4 rings (SSSR count). The number of hydrogen-bond donors (Lipinski definition) is 1. The minimum Gasteiger partial charge on any atom is -0.466 e. The highest BCUT2D eigenvalue weighted by Crippen LogP contribution is 2.64. The standard InChI is InChI=1S/C26H34O3/c1-3-24(27)29-18-8-4-7-15-26(28)17-14-23-22-12-11-19-9-5-6-10-20(19)21(22)13-16-25(23,26)2/h5-6,9-10,21-23,28H,3-4,8,11-14,16-18H2,1-2H3/t21-,22-,23+,25+,26+/m1/s1. The predicted molar refractivity (Wildman–Crippen MR) is 114 cm³/mol. The van der Waals surface area contributed by atoms with Gasteiger partial charge in [0.05, 0.1) is 6.61 Å². The highest BCUT2D eigenvalue weighted by Gasteiger charge is 2.61. The zero-order valence-electron chi connectivity index (χ0n) is 17.9. The van der Waals surface area contributed by atoms with E-state index >= 15 is 0 Å². The van der Waals surface area contributed by atoms with Gasteiger partial charge in [-0.2, -0.15) is 0 Å². The van der Waals surface area contributed by atoms with Gasteiger partial charge in [-0.05, 0) is 73.8 Å². The Morgan fingerprint density at radius 3 is 2.90 bits per heavy atom. The summed E-state index contributed by atoms with van der Waals surface area (Å²) >= 11 is 0. The molecule has 0 spiro atoms. The lowest BCUT2D eigenvalue weighted by molar-refractivity contribution is -0.143. The fourth-order valence-corrected chi connectivity index (χ4v) is 6.40. The Labute approximate surface area is 175 Å². The topological polar surface area (TPSA) is 46.5 Å². The van der Waals surface area contributed by atoms with Gasteiger partial charge >= 0.3 is 5.97 Å². The Bertz CT molecular complexity index is 819. The lowest BCUT2D eigenvalue weighted by Crippen LogP contribution is -2.50. The first kappa shape index (κ1) is 20.5. The first-order chi connectivity index (χ1) is 14.0. The molecular weight excluding hydrogens is 360 g/mol. The van der Waals surface area contributed by atoms with Crippen molar-refractivity contribution in [3.63, 3.8) is 0 Å². The summed E-state index contributed by atoms with van der Waals surface area (Å²) in [5.74, 6) is 8.22. The number of esters is 1. The summed E-state index contributed by atoms with van der Waals surface area (Å²) in [4.78, 5) is 11.2. The van der Waals surface area contributed by atoms with E-state index in [2.05, 4.69) is 43.0 Å². The van der Waals surface area contributed by atoms with Crippen LogP contribution in [-0.2, 0) is 16.0 Å².